The first-order chi connectivity index (χ1) is 11.7. The maximum absolute atomic E-state index is 12.6. The minimum atomic E-state index is -0.101. The summed E-state index contributed by atoms with van der Waals surface area (Å²) in [5.74, 6) is -0.00908. The predicted molar refractivity (Wildman–Crippen MR) is 96.8 cm³/mol. The normalized spacial score (nSPS) is 10.0. The first kappa shape index (κ1) is 17.7. The van der Waals surface area contributed by atoms with E-state index in [0.29, 0.717) is 23.2 Å². The van der Waals surface area contributed by atoms with Gasteiger partial charge in [-0.25, -0.2) is 0 Å². The fourth-order valence-electron chi connectivity index (χ4n) is 2.37. The highest BCUT2D eigenvalue weighted by molar-refractivity contribution is 6.07. The third kappa shape index (κ3) is 5.20. The first-order valence-electron chi connectivity index (χ1n) is 8.37. The van der Waals surface area contributed by atoms with Gasteiger partial charge < -0.3 is 4.98 Å². The number of hydrogen-bond donors (Lipinski definition) is 1. The van der Waals surface area contributed by atoms with Crippen LogP contribution < -0.4 is 0 Å². The second-order valence-electron chi connectivity index (χ2n) is 5.64. The largest absolute Gasteiger partial charge is 0.358 e. The lowest BCUT2D eigenvalue weighted by molar-refractivity contribution is 0.0977. The molecule has 2 aromatic rings. The topological polar surface area (TPSA) is 49.9 Å². The van der Waals surface area contributed by atoms with Crippen LogP contribution in [-0.2, 0) is 0 Å². The minimum Gasteiger partial charge on any atom is -0.358 e. The van der Waals surface area contributed by atoms with E-state index < -0.39 is 0 Å². The Morgan fingerprint density at radius 3 is 2.12 bits per heavy atom. The summed E-state index contributed by atoms with van der Waals surface area (Å²) < 4.78 is 0. The molecule has 1 aromatic carbocycles. The maximum atomic E-state index is 12.6. The molecular formula is C21H23NO2. The van der Waals surface area contributed by atoms with Crippen LogP contribution in [0.4, 0.5) is 0 Å². The van der Waals surface area contributed by atoms with Crippen molar-refractivity contribution in [2.24, 2.45) is 0 Å². The van der Waals surface area contributed by atoms with Gasteiger partial charge in [0.1, 0.15) is 0 Å². The van der Waals surface area contributed by atoms with Gasteiger partial charge in [0.2, 0.25) is 5.78 Å². The Morgan fingerprint density at radius 2 is 1.46 bits per heavy atom. The van der Waals surface area contributed by atoms with Crippen molar-refractivity contribution in [2.45, 2.75) is 32.6 Å². The monoisotopic (exact) mass is 321 g/mol. The first-order valence-corrected chi connectivity index (χ1v) is 8.37. The van der Waals surface area contributed by atoms with Crippen LogP contribution in [0.3, 0.4) is 0 Å². The molecule has 1 N–H and O–H groups in total. The van der Waals surface area contributed by atoms with E-state index in [4.69, 9.17) is 0 Å². The lowest BCUT2D eigenvalue weighted by atomic mass is 10.1. The van der Waals surface area contributed by atoms with Gasteiger partial charge in [-0.3, -0.25) is 9.59 Å². The molecule has 124 valence electrons. The van der Waals surface area contributed by atoms with E-state index in [9.17, 15) is 9.59 Å². The van der Waals surface area contributed by atoms with Crippen LogP contribution in [0.2, 0.25) is 0 Å². The molecule has 0 unspecified atom stereocenters. The number of benzene rings is 1. The summed E-state index contributed by atoms with van der Waals surface area (Å²) in [5.41, 5.74) is 1.64. The van der Waals surface area contributed by atoms with Gasteiger partial charge in [-0.1, -0.05) is 68.3 Å². The Kier molecular flexibility index (Phi) is 6.96. The van der Waals surface area contributed by atoms with Gasteiger partial charge in [-0.2, -0.15) is 0 Å². The number of H-pyrrole nitrogens is 1. The number of ketones is 2. The molecule has 0 bridgehead atoms. The third-order valence-corrected chi connectivity index (χ3v) is 3.75. The average molecular weight is 321 g/mol. The maximum Gasteiger partial charge on any atom is 0.209 e. The molecule has 2 rings (SSSR count). The molecule has 0 radical (unpaired) electrons. The van der Waals surface area contributed by atoms with E-state index >= 15 is 0 Å². The van der Waals surface area contributed by atoms with E-state index in [2.05, 4.69) is 11.9 Å². The highest BCUT2D eigenvalue weighted by Crippen LogP contribution is 2.09. The standard InChI is InChI=1S/C21H23NO2/c1-2-3-6-15-20(23)18-13-9-5-10-14-19(22-16-18)21(24)17-11-7-4-8-12-17/h4-5,7-14,16,22H,2-3,6,15H2,1H3. The summed E-state index contributed by atoms with van der Waals surface area (Å²) in [6, 6.07) is 18.0. The van der Waals surface area contributed by atoms with Crippen LogP contribution in [0.1, 0.15) is 59.0 Å². The fourth-order valence-corrected chi connectivity index (χ4v) is 2.37. The number of hydrogen-bond acceptors (Lipinski definition) is 2. The molecule has 3 heteroatoms. The molecular weight excluding hydrogens is 298 g/mol. The molecule has 0 aliphatic rings. The smallest absolute Gasteiger partial charge is 0.209 e. The SMILES string of the molecule is CCCCCC(=O)c1cccccc(C(=O)c2ccccc2)[nH]c1. The Bertz CT molecular complexity index is 730. The quantitative estimate of drug-likeness (QED) is 0.567. The zero-order valence-corrected chi connectivity index (χ0v) is 14.0. The van der Waals surface area contributed by atoms with Gasteiger partial charge in [0.25, 0.3) is 0 Å². The van der Waals surface area contributed by atoms with Crippen LogP contribution in [0, 0.1) is 0 Å². The number of carbonyl (C=O) groups is 2. The second-order valence-corrected chi connectivity index (χ2v) is 5.64. The third-order valence-electron chi connectivity index (χ3n) is 3.75. The highest BCUT2D eigenvalue weighted by atomic mass is 16.1. The number of aromatic nitrogens is 1. The Labute approximate surface area is 143 Å². The fraction of sp³-hybridized carbons (Fsp3) is 0.238. The van der Waals surface area contributed by atoms with Crippen molar-refractivity contribution < 1.29 is 9.59 Å². The van der Waals surface area contributed by atoms with Gasteiger partial charge in [0.05, 0.1) is 5.69 Å². The van der Waals surface area contributed by atoms with E-state index in [1.807, 2.05) is 30.3 Å². The van der Waals surface area contributed by atoms with Crippen LogP contribution in [-0.4, -0.2) is 16.6 Å². The number of aromatic amines is 1. The summed E-state index contributed by atoms with van der Waals surface area (Å²) in [4.78, 5) is 27.9. The van der Waals surface area contributed by atoms with Crippen LogP contribution >= 0.6 is 0 Å². The van der Waals surface area contributed by atoms with Crippen molar-refractivity contribution in [3.8, 4) is 0 Å². The summed E-state index contributed by atoms with van der Waals surface area (Å²) >= 11 is 0. The van der Waals surface area contributed by atoms with Crippen LogP contribution in [0.15, 0.2) is 66.9 Å². The molecule has 0 aliphatic heterocycles. The Balaban J connectivity index is 2.30. The average Bonchev–Trinajstić information content (AvgIpc) is 2.74. The van der Waals surface area contributed by atoms with Gasteiger partial charge in [-0.05, 0) is 18.6 Å². The van der Waals surface area contributed by atoms with Crippen LogP contribution in [0.25, 0.3) is 0 Å². The number of rotatable bonds is 7. The lowest BCUT2D eigenvalue weighted by Crippen LogP contribution is -2.03. The van der Waals surface area contributed by atoms with Crippen molar-refractivity contribution in [2.75, 3.05) is 0 Å². The molecule has 24 heavy (non-hydrogen) atoms. The van der Waals surface area contributed by atoms with Gasteiger partial charge >= 0.3 is 0 Å². The van der Waals surface area contributed by atoms with Gasteiger partial charge in [0.15, 0.2) is 5.78 Å². The lowest BCUT2D eigenvalue weighted by Gasteiger charge is -2.00. The van der Waals surface area contributed by atoms with Crippen molar-refractivity contribution in [1.29, 1.82) is 0 Å². The van der Waals surface area contributed by atoms with Crippen molar-refractivity contribution in [1.82, 2.24) is 4.98 Å². The van der Waals surface area contributed by atoms with E-state index in [1.54, 1.807) is 36.5 Å². The molecule has 0 saturated carbocycles. The summed E-state index contributed by atoms with van der Waals surface area (Å²) in [7, 11) is 0. The van der Waals surface area contributed by atoms with E-state index in [-0.39, 0.29) is 11.6 Å². The number of unbranched alkanes of at least 4 members (excludes halogenated alkanes) is 2. The molecule has 3 nitrogen and oxygen atoms in total. The van der Waals surface area contributed by atoms with Crippen LogP contribution in [0.5, 0.6) is 0 Å². The molecule has 0 amide bonds. The zero-order chi connectivity index (χ0) is 17.2. The Hall–Kier alpha value is -2.68. The summed E-state index contributed by atoms with van der Waals surface area (Å²) in [6.45, 7) is 2.11. The predicted octanol–water partition coefficient (Wildman–Crippen LogP) is 5.13. The van der Waals surface area contributed by atoms with E-state index in [1.165, 1.54) is 0 Å². The minimum absolute atomic E-state index is 0.0917. The Morgan fingerprint density at radius 1 is 0.833 bits per heavy atom. The number of nitrogens with one attached hydrogen (secondary N) is 1. The zero-order valence-electron chi connectivity index (χ0n) is 14.0. The number of Topliss-reactive ketones (excluding diaryl/α,β-unsaturated/α-hetero) is 1. The molecule has 0 fully saturated rings. The second kappa shape index (κ2) is 9.46. The molecule has 0 spiro atoms. The van der Waals surface area contributed by atoms with Gasteiger partial charge in [0, 0.05) is 23.7 Å². The van der Waals surface area contributed by atoms with Crippen molar-refractivity contribution in [3.63, 3.8) is 0 Å². The highest BCUT2D eigenvalue weighted by Gasteiger charge is 2.08. The number of carbonyl (C=O) groups excluding carboxylic acids is 2. The summed E-state index contributed by atoms with van der Waals surface area (Å²) in [6.07, 6.45) is 5.18. The molecule has 0 atom stereocenters. The molecule has 0 saturated heterocycles. The van der Waals surface area contributed by atoms with Gasteiger partial charge in [-0.15, -0.1) is 0 Å². The van der Waals surface area contributed by atoms with Crippen molar-refractivity contribution >= 4 is 11.6 Å². The molecule has 1 heterocycles. The van der Waals surface area contributed by atoms with E-state index in [0.717, 1.165) is 19.3 Å². The molecule has 1 aromatic heterocycles. The van der Waals surface area contributed by atoms with Crippen molar-refractivity contribution in [3.05, 3.63) is 83.7 Å². The molecule has 0 aliphatic carbocycles. The summed E-state index contributed by atoms with van der Waals surface area (Å²) in [5, 5.41) is 0.